The van der Waals surface area contributed by atoms with Crippen molar-refractivity contribution in [3.8, 4) is 5.69 Å². The molecule has 0 radical (unpaired) electrons. The number of amides is 1. The van der Waals surface area contributed by atoms with E-state index in [1.165, 1.54) is 15.6 Å². The maximum atomic E-state index is 12.8. The van der Waals surface area contributed by atoms with Crippen molar-refractivity contribution in [2.45, 2.75) is 34.2 Å². The predicted octanol–water partition coefficient (Wildman–Crippen LogP) is 2.85. The number of carbonyl (C=O) groups excluding carboxylic acids is 1. The first-order valence-electron chi connectivity index (χ1n) is 9.58. The van der Waals surface area contributed by atoms with Gasteiger partial charge in [0.05, 0.1) is 5.69 Å². The number of hydrogen-bond acceptors (Lipinski definition) is 5. The largest absolute Gasteiger partial charge is 0.325 e. The number of nitrogens with zero attached hydrogens (tertiary/aromatic N) is 5. The normalized spacial score (nSPS) is 11.1. The predicted molar refractivity (Wildman–Crippen MR) is 115 cm³/mol. The molecule has 1 amide bonds. The summed E-state index contributed by atoms with van der Waals surface area (Å²) in [5.74, 6) is -0.315. The van der Waals surface area contributed by atoms with Gasteiger partial charge in [0.15, 0.2) is 11.2 Å². The number of anilines is 1. The van der Waals surface area contributed by atoms with Gasteiger partial charge in [-0.3, -0.25) is 14.2 Å². The van der Waals surface area contributed by atoms with Crippen LogP contribution >= 0.6 is 0 Å². The van der Waals surface area contributed by atoms with Gasteiger partial charge in [-0.05, 0) is 74.2 Å². The Morgan fingerprint density at radius 3 is 2.17 bits per heavy atom. The highest BCUT2D eigenvalue weighted by Gasteiger charge is 2.15. The van der Waals surface area contributed by atoms with E-state index in [9.17, 15) is 9.59 Å². The number of rotatable bonds is 4. The summed E-state index contributed by atoms with van der Waals surface area (Å²) in [5, 5.41) is 10.9. The van der Waals surface area contributed by atoms with Crippen LogP contribution in [0, 0.1) is 27.7 Å². The fraction of sp³-hybridized carbons (Fsp3) is 0.227. The van der Waals surface area contributed by atoms with Gasteiger partial charge in [-0.2, -0.15) is 4.68 Å². The Labute approximate surface area is 173 Å². The highest BCUT2D eigenvalue weighted by molar-refractivity contribution is 5.90. The topological polar surface area (TPSA) is 94.7 Å². The zero-order chi connectivity index (χ0) is 21.4. The van der Waals surface area contributed by atoms with E-state index in [4.69, 9.17) is 0 Å². The summed E-state index contributed by atoms with van der Waals surface area (Å²) >= 11 is 0. The second-order valence-electron chi connectivity index (χ2n) is 7.62. The van der Waals surface area contributed by atoms with Gasteiger partial charge < -0.3 is 5.32 Å². The molecule has 2 aromatic heterocycles. The highest BCUT2D eigenvalue weighted by atomic mass is 16.2. The molecule has 8 heteroatoms. The number of nitrogens with one attached hydrogen (secondary N) is 1. The van der Waals surface area contributed by atoms with E-state index in [1.807, 2.05) is 58.0 Å². The van der Waals surface area contributed by atoms with Crippen molar-refractivity contribution in [2.24, 2.45) is 0 Å². The molecule has 0 fully saturated rings. The molecule has 0 bridgehead atoms. The first-order chi connectivity index (χ1) is 14.3. The van der Waals surface area contributed by atoms with E-state index in [0.717, 1.165) is 27.9 Å². The number of benzene rings is 2. The Morgan fingerprint density at radius 1 is 0.933 bits per heavy atom. The van der Waals surface area contributed by atoms with Gasteiger partial charge in [0.25, 0.3) is 5.56 Å². The SMILES string of the molecule is Cc1cc(C)cc(NC(=O)Cn2cnc3c(nnn3-c3cc(C)cc(C)c3)c2=O)c1. The Bertz CT molecular complexity index is 1290. The van der Waals surface area contributed by atoms with Gasteiger partial charge >= 0.3 is 0 Å². The van der Waals surface area contributed by atoms with E-state index in [2.05, 4.69) is 26.7 Å². The number of fused-ring (bicyclic) bond motifs is 1. The Kier molecular flexibility index (Phi) is 4.91. The van der Waals surface area contributed by atoms with Crippen LogP contribution in [0.1, 0.15) is 22.3 Å². The van der Waals surface area contributed by atoms with Crippen molar-refractivity contribution in [3.63, 3.8) is 0 Å². The van der Waals surface area contributed by atoms with E-state index < -0.39 is 5.56 Å². The van der Waals surface area contributed by atoms with Gasteiger partial charge in [-0.1, -0.05) is 17.3 Å². The molecule has 0 atom stereocenters. The third-order valence-corrected chi connectivity index (χ3v) is 4.70. The van der Waals surface area contributed by atoms with Crippen LogP contribution in [0.15, 0.2) is 47.5 Å². The van der Waals surface area contributed by atoms with Crippen LogP contribution in [0.4, 0.5) is 5.69 Å². The molecule has 0 aliphatic rings. The molecule has 0 saturated carbocycles. The van der Waals surface area contributed by atoms with Gasteiger partial charge in [-0.15, -0.1) is 5.10 Å². The van der Waals surface area contributed by atoms with E-state index >= 15 is 0 Å². The lowest BCUT2D eigenvalue weighted by atomic mass is 10.1. The number of aromatic nitrogens is 5. The second-order valence-corrected chi connectivity index (χ2v) is 7.62. The van der Waals surface area contributed by atoms with Crippen LogP contribution in [0.3, 0.4) is 0 Å². The molecule has 1 N–H and O–H groups in total. The fourth-order valence-electron chi connectivity index (χ4n) is 3.61. The Hall–Kier alpha value is -3.81. The summed E-state index contributed by atoms with van der Waals surface area (Å²) in [6, 6.07) is 11.7. The summed E-state index contributed by atoms with van der Waals surface area (Å²) in [5.41, 5.74) is 5.79. The summed E-state index contributed by atoms with van der Waals surface area (Å²) < 4.78 is 2.78. The molecule has 152 valence electrons. The van der Waals surface area contributed by atoms with Gasteiger partial charge in [-0.25, -0.2) is 4.98 Å². The zero-order valence-corrected chi connectivity index (χ0v) is 17.3. The summed E-state index contributed by atoms with van der Waals surface area (Å²) in [4.78, 5) is 29.6. The number of carbonyl (C=O) groups is 1. The van der Waals surface area contributed by atoms with Crippen LogP contribution in [-0.4, -0.2) is 30.5 Å². The first kappa shape index (κ1) is 19.5. The lowest BCUT2D eigenvalue weighted by molar-refractivity contribution is -0.116. The molecule has 30 heavy (non-hydrogen) atoms. The van der Waals surface area contributed by atoms with Gasteiger partial charge in [0.2, 0.25) is 5.91 Å². The first-order valence-corrected chi connectivity index (χ1v) is 9.58. The highest BCUT2D eigenvalue weighted by Crippen LogP contribution is 2.16. The van der Waals surface area contributed by atoms with Crippen LogP contribution < -0.4 is 10.9 Å². The fourth-order valence-corrected chi connectivity index (χ4v) is 3.61. The minimum atomic E-state index is -0.411. The summed E-state index contributed by atoms with van der Waals surface area (Å²) in [7, 11) is 0. The zero-order valence-electron chi connectivity index (χ0n) is 17.3. The lowest BCUT2D eigenvalue weighted by Crippen LogP contribution is -2.28. The molecule has 0 aliphatic carbocycles. The average Bonchev–Trinajstić information content (AvgIpc) is 3.07. The standard InChI is InChI=1S/C22H22N6O2/c1-13-5-14(2)8-17(7-13)24-19(29)11-27-12-23-21-20(22(27)30)25-26-28(21)18-9-15(3)6-16(4)10-18/h5-10,12H,11H2,1-4H3,(H,24,29). The molecule has 0 unspecified atom stereocenters. The minimum Gasteiger partial charge on any atom is -0.325 e. The number of aryl methyl sites for hydroxylation is 4. The van der Waals surface area contributed by atoms with Gasteiger partial charge in [0, 0.05) is 5.69 Å². The monoisotopic (exact) mass is 402 g/mol. The maximum absolute atomic E-state index is 12.8. The number of hydrogen-bond donors (Lipinski definition) is 1. The van der Waals surface area contributed by atoms with E-state index in [1.54, 1.807) is 0 Å². The third-order valence-electron chi connectivity index (χ3n) is 4.70. The van der Waals surface area contributed by atoms with Crippen molar-refractivity contribution in [1.82, 2.24) is 24.5 Å². The Morgan fingerprint density at radius 2 is 1.53 bits per heavy atom. The van der Waals surface area contributed by atoms with Crippen molar-refractivity contribution in [3.05, 3.63) is 75.3 Å². The van der Waals surface area contributed by atoms with E-state index in [-0.39, 0.29) is 18.0 Å². The molecule has 4 aromatic rings. The molecule has 0 aliphatic heterocycles. The molecule has 8 nitrogen and oxygen atoms in total. The third kappa shape index (κ3) is 3.84. The molecule has 0 saturated heterocycles. The van der Waals surface area contributed by atoms with Crippen LogP contribution in [0.5, 0.6) is 0 Å². The maximum Gasteiger partial charge on any atom is 0.284 e. The van der Waals surface area contributed by atoms with Crippen molar-refractivity contribution in [2.75, 3.05) is 5.32 Å². The van der Waals surface area contributed by atoms with Crippen LogP contribution in [0.25, 0.3) is 16.9 Å². The summed E-state index contributed by atoms with van der Waals surface area (Å²) in [6.45, 7) is 7.74. The minimum absolute atomic E-state index is 0.121. The molecule has 2 heterocycles. The van der Waals surface area contributed by atoms with Crippen molar-refractivity contribution < 1.29 is 4.79 Å². The molecular formula is C22H22N6O2. The molecule has 4 rings (SSSR count). The summed E-state index contributed by atoms with van der Waals surface area (Å²) in [6.07, 6.45) is 1.36. The van der Waals surface area contributed by atoms with Crippen LogP contribution in [-0.2, 0) is 11.3 Å². The van der Waals surface area contributed by atoms with Crippen molar-refractivity contribution in [1.29, 1.82) is 0 Å². The quantitative estimate of drug-likeness (QED) is 0.566. The smallest absolute Gasteiger partial charge is 0.284 e. The lowest BCUT2D eigenvalue weighted by Gasteiger charge is -2.09. The van der Waals surface area contributed by atoms with Gasteiger partial charge in [0.1, 0.15) is 12.9 Å². The van der Waals surface area contributed by atoms with Crippen LogP contribution in [0.2, 0.25) is 0 Å². The molecule has 0 spiro atoms. The molecular weight excluding hydrogens is 380 g/mol. The van der Waals surface area contributed by atoms with Crippen molar-refractivity contribution >= 4 is 22.8 Å². The second kappa shape index (κ2) is 7.55. The average molecular weight is 402 g/mol. The Balaban J connectivity index is 1.62. The molecule has 2 aromatic carbocycles. The van der Waals surface area contributed by atoms with E-state index in [0.29, 0.717) is 11.3 Å².